The molecule has 0 spiro atoms. The summed E-state index contributed by atoms with van der Waals surface area (Å²) < 4.78 is 54.5. The summed E-state index contributed by atoms with van der Waals surface area (Å²) in [6.45, 7) is -0.208. The molecule has 0 unspecified atom stereocenters. The van der Waals surface area contributed by atoms with Crippen molar-refractivity contribution in [3.63, 3.8) is 0 Å². The molecule has 0 bridgehead atoms. The molecule has 0 amide bonds. The number of rotatable bonds is 5. The van der Waals surface area contributed by atoms with Crippen LogP contribution >= 0.6 is 0 Å². The van der Waals surface area contributed by atoms with Gasteiger partial charge in [0.2, 0.25) is 10.0 Å². The summed E-state index contributed by atoms with van der Waals surface area (Å²) in [7, 11) is -0.103. The molecule has 0 atom stereocenters. The van der Waals surface area contributed by atoms with Crippen LogP contribution < -0.4 is 9.62 Å². The first-order chi connectivity index (χ1) is 12.3. The minimum atomic E-state index is -3.87. The second-order valence-corrected chi connectivity index (χ2v) is 7.86. The highest BCUT2D eigenvalue weighted by Gasteiger charge is 2.18. The van der Waals surface area contributed by atoms with E-state index in [1.165, 1.54) is 6.07 Å². The highest BCUT2D eigenvalue weighted by Crippen LogP contribution is 2.30. The molecule has 0 aliphatic rings. The molecule has 3 rings (SSSR count). The smallest absolute Gasteiger partial charge is 0.241 e. The molecule has 0 saturated heterocycles. The molecule has 0 fully saturated rings. The number of hydrogen-bond acceptors (Lipinski definition) is 3. The Balaban J connectivity index is 1.98. The van der Waals surface area contributed by atoms with Crippen LogP contribution in [0, 0.1) is 11.6 Å². The summed E-state index contributed by atoms with van der Waals surface area (Å²) in [5.74, 6) is -1.50. The van der Waals surface area contributed by atoms with Crippen LogP contribution in [0.3, 0.4) is 0 Å². The van der Waals surface area contributed by atoms with Gasteiger partial charge >= 0.3 is 0 Å². The van der Waals surface area contributed by atoms with E-state index in [9.17, 15) is 17.2 Å². The number of anilines is 1. The van der Waals surface area contributed by atoms with E-state index >= 15 is 0 Å². The third kappa shape index (κ3) is 3.68. The molecule has 0 aliphatic carbocycles. The van der Waals surface area contributed by atoms with Crippen molar-refractivity contribution in [2.75, 3.05) is 19.0 Å². The van der Waals surface area contributed by atoms with Crippen molar-refractivity contribution in [2.24, 2.45) is 0 Å². The van der Waals surface area contributed by atoms with Crippen molar-refractivity contribution in [1.29, 1.82) is 0 Å². The van der Waals surface area contributed by atoms with Gasteiger partial charge in [0.25, 0.3) is 0 Å². The molecule has 26 heavy (non-hydrogen) atoms. The van der Waals surface area contributed by atoms with Crippen molar-refractivity contribution in [3.05, 3.63) is 71.8 Å². The number of sulfonamides is 1. The third-order valence-electron chi connectivity index (χ3n) is 4.02. The Morgan fingerprint density at radius 1 is 0.923 bits per heavy atom. The lowest BCUT2D eigenvalue weighted by Gasteiger charge is -2.17. The zero-order valence-electron chi connectivity index (χ0n) is 14.3. The zero-order chi connectivity index (χ0) is 18.9. The zero-order valence-corrected chi connectivity index (χ0v) is 15.1. The first-order valence-electron chi connectivity index (χ1n) is 7.91. The number of hydrogen-bond donors (Lipinski definition) is 1. The van der Waals surface area contributed by atoms with Crippen LogP contribution in [0.1, 0.15) is 5.56 Å². The average molecular weight is 376 g/mol. The molecule has 0 aliphatic heterocycles. The minimum absolute atomic E-state index is 0.121. The lowest BCUT2D eigenvalue weighted by atomic mass is 10.1. The van der Waals surface area contributed by atoms with E-state index < -0.39 is 21.7 Å². The summed E-state index contributed by atoms with van der Waals surface area (Å²) in [6.07, 6.45) is 0. The average Bonchev–Trinajstić information content (AvgIpc) is 2.58. The number of benzene rings is 3. The molecular formula is C19H18F2N2O2S. The molecule has 0 radical (unpaired) electrons. The van der Waals surface area contributed by atoms with Gasteiger partial charge in [0.15, 0.2) is 0 Å². The van der Waals surface area contributed by atoms with Crippen LogP contribution in [0.2, 0.25) is 0 Å². The van der Waals surface area contributed by atoms with Gasteiger partial charge in [-0.25, -0.2) is 21.9 Å². The first kappa shape index (κ1) is 18.3. The van der Waals surface area contributed by atoms with E-state index in [0.717, 1.165) is 29.3 Å². The number of nitrogens with zero attached hydrogens (tertiary/aromatic N) is 1. The van der Waals surface area contributed by atoms with Crippen LogP contribution in [0.15, 0.2) is 59.5 Å². The highest BCUT2D eigenvalue weighted by molar-refractivity contribution is 7.89. The van der Waals surface area contributed by atoms with Gasteiger partial charge in [-0.3, -0.25) is 0 Å². The first-order valence-corrected chi connectivity index (χ1v) is 9.40. The standard InChI is InChI=1S/C19H18F2N2O2S/c1-23(2)18-7-3-6-17-16(18)5-4-8-19(17)26(24,25)22-12-13-9-14(20)11-15(21)10-13/h3-11,22H,12H2,1-2H3. The molecule has 136 valence electrons. The lowest BCUT2D eigenvalue weighted by Crippen LogP contribution is -2.23. The summed E-state index contributed by atoms with van der Waals surface area (Å²) in [4.78, 5) is 2.03. The SMILES string of the molecule is CN(C)c1cccc2c(S(=O)(=O)NCc3cc(F)cc(F)c3)cccc12. The summed E-state index contributed by atoms with van der Waals surface area (Å²) in [5, 5.41) is 1.38. The van der Waals surface area contributed by atoms with Crippen molar-refractivity contribution in [3.8, 4) is 0 Å². The summed E-state index contributed by atoms with van der Waals surface area (Å²) in [5.41, 5.74) is 1.10. The maximum atomic E-state index is 13.3. The van der Waals surface area contributed by atoms with E-state index in [4.69, 9.17) is 0 Å². The normalized spacial score (nSPS) is 11.7. The Morgan fingerprint density at radius 2 is 1.54 bits per heavy atom. The van der Waals surface area contributed by atoms with Crippen molar-refractivity contribution < 1.29 is 17.2 Å². The largest absolute Gasteiger partial charge is 0.377 e. The minimum Gasteiger partial charge on any atom is -0.377 e. The van der Waals surface area contributed by atoms with E-state index in [1.807, 2.05) is 31.1 Å². The van der Waals surface area contributed by atoms with Crippen molar-refractivity contribution >= 4 is 26.5 Å². The Morgan fingerprint density at radius 3 is 2.19 bits per heavy atom. The highest BCUT2D eigenvalue weighted by atomic mass is 32.2. The quantitative estimate of drug-likeness (QED) is 0.739. The van der Waals surface area contributed by atoms with Gasteiger partial charge in [-0.05, 0) is 29.8 Å². The predicted molar refractivity (Wildman–Crippen MR) is 98.7 cm³/mol. The second kappa shape index (κ2) is 7.01. The fraction of sp³-hybridized carbons (Fsp3) is 0.158. The Labute approximate surface area is 151 Å². The van der Waals surface area contributed by atoms with Gasteiger partial charge in [-0.1, -0.05) is 24.3 Å². The maximum absolute atomic E-state index is 13.3. The van der Waals surface area contributed by atoms with Crippen molar-refractivity contribution in [1.82, 2.24) is 4.72 Å². The molecular weight excluding hydrogens is 358 g/mol. The van der Waals surface area contributed by atoms with E-state index in [2.05, 4.69) is 4.72 Å². The van der Waals surface area contributed by atoms with Gasteiger partial charge in [0.05, 0.1) is 4.90 Å². The molecule has 1 N–H and O–H groups in total. The molecule has 0 heterocycles. The molecule has 3 aromatic rings. The molecule has 7 heteroatoms. The van der Waals surface area contributed by atoms with Crippen molar-refractivity contribution in [2.45, 2.75) is 11.4 Å². The molecule has 0 saturated carbocycles. The van der Waals surface area contributed by atoms with E-state index in [1.54, 1.807) is 18.2 Å². The fourth-order valence-electron chi connectivity index (χ4n) is 2.86. The Hall–Kier alpha value is -2.51. The lowest BCUT2D eigenvalue weighted by molar-refractivity contribution is 0.571. The van der Waals surface area contributed by atoms with Gasteiger partial charge in [-0.2, -0.15) is 0 Å². The van der Waals surface area contributed by atoms with Gasteiger partial charge in [-0.15, -0.1) is 0 Å². The van der Waals surface area contributed by atoms with Crippen LogP contribution in [-0.2, 0) is 16.6 Å². The second-order valence-electron chi connectivity index (χ2n) is 6.13. The Bertz CT molecular complexity index is 1050. The van der Waals surface area contributed by atoms with E-state index in [0.29, 0.717) is 5.39 Å². The topological polar surface area (TPSA) is 49.4 Å². The fourth-order valence-corrected chi connectivity index (χ4v) is 4.10. The number of nitrogens with one attached hydrogen (secondary N) is 1. The van der Waals surface area contributed by atoms with Crippen LogP contribution in [0.4, 0.5) is 14.5 Å². The van der Waals surface area contributed by atoms with Crippen LogP contribution in [0.25, 0.3) is 10.8 Å². The molecule has 4 nitrogen and oxygen atoms in total. The number of halogens is 2. The van der Waals surface area contributed by atoms with Gasteiger partial charge < -0.3 is 4.90 Å². The monoisotopic (exact) mass is 376 g/mol. The maximum Gasteiger partial charge on any atom is 0.241 e. The number of fused-ring (bicyclic) bond motifs is 1. The Kier molecular flexibility index (Phi) is 4.93. The van der Waals surface area contributed by atoms with Crippen LogP contribution in [0.5, 0.6) is 0 Å². The molecule has 0 aromatic heterocycles. The van der Waals surface area contributed by atoms with E-state index in [-0.39, 0.29) is 17.0 Å². The predicted octanol–water partition coefficient (Wildman–Crippen LogP) is 3.66. The summed E-state index contributed by atoms with van der Waals surface area (Å²) >= 11 is 0. The third-order valence-corrected chi connectivity index (χ3v) is 5.48. The van der Waals surface area contributed by atoms with Gasteiger partial charge in [0.1, 0.15) is 11.6 Å². The van der Waals surface area contributed by atoms with Gasteiger partial charge in [0, 0.05) is 43.2 Å². The summed E-state index contributed by atoms with van der Waals surface area (Å²) in [6, 6.07) is 13.4. The molecule has 3 aromatic carbocycles. The van der Waals surface area contributed by atoms with Crippen LogP contribution in [-0.4, -0.2) is 22.5 Å².